The molecule has 10 heteroatoms. The maximum Gasteiger partial charge on any atom is 0.278 e. The highest BCUT2D eigenvalue weighted by molar-refractivity contribution is 7.99. The van der Waals surface area contributed by atoms with Gasteiger partial charge in [0.15, 0.2) is 16.8 Å². The fraction of sp³-hybridized carbons (Fsp3) is 0.227. The monoisotopic (exact) mass is 458 g/mol. The average Bonchev–Trinajstić information content (AvgIpc) is 3.06. The zero-order valence-electron chi connectivity index (χ0n) is 17.6. The first-order chi connectivity index (χ1) is 15.3. The number of halogens is 2. The van der Waals surface area contributed by atoms with Crippen molar-refractivity contribution in [2.45, 2.75) is 18.6 Å². The van der Waals surface area contributed by atoms with E-state index in [1.165, 1.54) is 10.6 Å². The summed E-state index contributed by atoms with van der Waals surface area (Å²) in [5.74, 6) is -1.89. The fourth-order valence-electron chi connectivity index (χ4n) is 3.55. The first-order valence-corrected chi connectivity index (χ1v) is 10.8. The van der Waals surface area contributed by atoms with Crippen LogP contribution >= 0.6 is 11.8 Å². The van der Waals surface area contributed by atoms with Crippen molar-refractivity contribution in [3.8, 4) is 5.75 Å². The van der Waals surface area contributed by atoms with E-state index < -0.39 is 17.5 Å². The van der Waals surface area contributed by atoms with Gasteiger partial charge in [-0.05, 0) is 37.3 Å². The van der Waals surface area contributed by atoms with Gasteiger partial charge >= 0.3 is 0 Å². The maximum atomic E-state index is 13.4. The molecule has 0 atom stereocenters. The summed E-state index contributed by atoms with van der Waals surface area (Å²) in [5.41, 5.74) is 1.77. The minimum Gasteiger partial charge on any atom is -0.497 e. The molecule has 0 unspecified atom stereocenters. The third-order valence-electron chi connectivity index (χ3n) is 5.12. The summed E-state index contributed by atoms with van der Waals surface area (Å²) in [5, 5.41) is 3.68. The summed E-state index contributed by atoms with van der Waals surface area (Å²) in [7, 11) is 3.37. The normalized spacial score (nSPS) is 11.3. The largest absolute Gasteiger partial charge is 0.497 e. The second kappa shape index (κ2) is 8.62. The highest BCUT2D eigenvalue weighted by Crippen LogP contribution is 2.30. The number of aromatic nitrogens is 3. The van der Waals surface area contributed by atoms with Gasteiger partial charge in [0.1, 0.15) is 16.8 Å². The number of ether oxygens (including phenoxy) is 1. The van der Waals surface area contributed by atoms with Gasteiger partial charge in [-0.25, -0.2) is 13.8 Å². The number of benzene rings is 2. The van der Waals surface area contributed by atoms with E-state index in [1.54, 1.807) is 11.7 Å². The van der Waals surface area contributed by atoms with Gasteiger partial charge in [-0.2, -0.15) is 0 Å². The van der Waals surface area contributed by atoms with Crippen LogP contribution in [0, 0.1) is 11.6 Å². The Morgan fingerprint density at radius 1 is 1.19 bits per heavy atom. The van der Waals surface area contributed by atoms with Gasteiger partial charge < -0.3 is 14.6 Å². The molecule has 0 bridgehead atoms. The summed E-state index contributed by atoms with van der Waals surface area (Å²) in [6.45, 7) is 2.20. The predicted molar refractivity (Wildman–Crippen MR) is 120 cm³/mol. The summed E-state index contributed by atoms with van der Waals surface area (Å²) in [6, 6.07) is 8.64. The smallest absolute Gasteiger partial charge is 0.278 e. The first kappa shape index (κ1) is 21.8. The number of fused-ring (bicyclic) bond motifs is 3. The van der Waals surface area contributed by atoms with Gasteiger partial charge in [-0.3, -0.25) is 14.2 Å². The number of anilines is 1. The second-order valence-electron chi connectivity index (χ2n) is 7.05. The molecular weight excluding hydrogens is 438 g/mol. The highest BCUT2D eigenvalue weighted by Gasteiger charge is 2.19. The lowest BCUT2D eigenvalue weighted by Gasteiger charge is -2.11. The Labute approximate surface area is 186 Å². The second-order valence-corrected chi connectivity index (χ2v) is 7.99. The summed E-state index contributed by atoms with van der Waals surface area (Å²) in [6.07, 6.45) is 0. The van der Waals surface area contributed by atoms with Gasteiger partial charge in [0.05, 0.1) is 18.4 Å². The van der Waals surface area contributed by atoms with E-state index in [0.717, 1.165) is 34.8 Å². The molecule has 7 nitrogen and oxygen atoms in total. The number of thioether (sulfide) groups is 1. The molecule has 0 radical (unpaired) electrons. The number of hydrogen-bond acceptors (Lipinski definition) is 5. The third-order valence-corrected chi connectivity index (χ3v) is 6.09. The van der Waals surface area contributed by atoms with Gasteiger partial charge in [0, 0.05) is 30.7 Å². The van der Waals surface area contributed by atoms with E-state index in [-0.39, 0.29) is 17.0 Å². The van der Waals surface area contributed by atoms with E-state index >= 15 is 0 Å². The van der Waals surface area contributed by atoms with Crippen molar-refractivity contribution >= 4 is 45.3 Å². The quantitative estimate of drug-likeness (QED) is 0.350. The first-order valence-electron chi connectivity index (χ1n) is 9.78. The number of hydrogen-bond donors (Lipinski definition) is 1. The molecule has 0 aliphatic rings. The van der Waals surface area contributed by atoms with Crippen molar-refractivity contribution < 1.29 is 18.3 Å². The SMILES string of the molecule is CCn1c(SCC(=O)Nc2ccc(F)c(F)c2)nc2c3cc(OC)ccc3n(C)c2c1=O. The number of carbonyl (C=O) groups excluding carboxylic acids is 1. The lowest BCUT2D eigenvalue weighted by atomic mass is 10.2. The molecule has 0 aliphatic heterocycles. The van der Waals surface area contributed by atoms with Crippen LogP contribution in [0.4, 0.5) is 14.5 Å². The molecular formula is C22H20F2N4O3S. The molecule has 32 heavy (non-hydrogen) atoms. The van der Waals surface area contributed by atoms with Gasteiger partial charge in [-0.15, -0.1) is 0 Å². The molecule has 0 spiro atoms. The van der Waals surface area contributed by atoms with Crippen LogP contribution in [-0.4, -0.2) is 32.9 Å². The van der Waals surface area contributed by atoms with Crippen molar-refractivity contribution in [2.24, 2.45) is 7.05 Å². The molecule has 1 N–H and O–H groups in total. The molecule has 0 fully saturated rings. The van der Waals surface area contributed by atoms with Crippen LogP contribution in [0.1, 0.15) is 6.92 Å². The Hall–Kier alpha value is -3.40. The van der Waals surface area contributed by atoms with Crippen LogP contribution < -0.4 is 15.6 Å². The standard InChI is InChI=1S/C22H20F2N4O3S/c1-4-28-21(30)20-19(14-10-13(31-3)6-8-17(14)27(20)2)26-22(28)32-11-18(29)25-12-5-7-15(23)16(24)9-12/h5-10H,4,11H2,1-3H3,(H,25,29). The van der Waals surface area contributed by atoms with Crippen LogP contribution in [0.15, 0.2) is 46.3 Å². The number of methoxy groups -OCH3 is 1. The zero-order chi connectivity index (χ0) is 23.0. The number of carbonyl (C=O) groups is 1. The van der Waals surface area contributed by atoms with Gasteiger partial charge in [-0.1, -0.05) is 11.8 Å². The topological polar surface area (TPSA) is 78.2 Å². The Bertz CT molecular complexity index is 1410. The van der Waals surface area contributed by atoms with Gasteiger partial charge in [0.25, 0.3) is 5.56 Å². The Kier molecular flexibility index (Phi) is 5.88. The number of amides is 1. The van der Waals surface area contributed by atoms with Crippen LogP contribution in [0.25, 0.3) is 21.9 Å². The van der Waals surface area contributed by atoms with Crippen molar-refractivity contribution in [3.05, 3.63) is 58.4 Å². The minimum atomic E-state index is -1.05. The van der Waals surface area contributed by atoms with Crippen LogP contribution in [-0.2, 0) is 18.4 Å². The zero-order valence-corrected chi connectivity index (χ0v) is 18.4. The van der Waals surface area contributed by atoms with Gasteiger partial charge in [0.2, 0.25) is 5.91 Å². The van der Waals surface area contributed by atoms with E-state index in [9.17, 15) is 18.4 Å². The molecule has 4 aromatic rings. The van der Waals surface area contributed by atoms with Crippen molar-refractivity contribution in [1.82, 2.24) is 14.1 Å². The highest BCUT2D eigenvalue weighted by atomic mass is 32.2. The third kappa shape index (κ3) is 3.81. The number of aryl methyl sites for hydroxylation is 1. The molecule has 2 aromatic heterocycles. The number of rotatable bonds is 6. The van der Waals surface area contributed by atoms with Crippen LogP contribution in [0.5, 0.6) is 5.75 Å². The number of nitrogens with zero attached hydrogens (tertiary/aromatic N) is 3. The summed E-state index contributed by atoms with van der Waals surface area (Å²) in [4.78, 5) is 30.3. The van der Waals surface area contributed by atoms with Crippen molar-refractivity contribution in [1.29, 1.82) is 0 Å². The molecule has 2 aromatic carbocycles. The van der Waals surface area contributed by atoms with E-state index in [0.29, 0.717) is 28.5 Å². The molecule has 166 valence electrons. The molecule has 0 saturated heterocycles. The van der Waals surface area contributed by atoms with Crippen LogP contribution in [0.3, 0.4) is 0 Å². The molecule has 2 heterocycles. The lowest BCUT2D eigenvalue weighted by Crippen LogP contribution is -2.24. The molecule has 4 rings (SSSR count). The summed E-state index contributed by atoms with van der Waals surface area (Å²) < 4.78 is 35.1. The predicted octanol–water partition coefficient (Wildman–Crippen LogP) is 3.93. The van der Waals surface area contributed by atoms with Crippen molar-refractivity contribution in [2.75, 3.05) is 18.2 Å². The lowest BCUT2D eigenvalue weighted by molar-refractivity contribution is -0.113. The Balaban J connectivity index is 1.68. The molecule has 0 saturated carbocycles. The Morgan fingerprint density at radius 3 is 2.66 bits per heavy atom. The summed E-state index contributed by atoms with van der Waals surface area (Å²) >= 11 is 1.09. The maximum absolute atomic E-state index is 13.4. The van der Waals surface area contributed by atoms with E-state index in [2.05, 4.69) is 5.32 Å². The van der Waals surface area contributed by atoms with Crippen molar-refractivity contribution in [3.63, 3.8) is 0 Å². The Morgan fingerprint density at radius 2 is 1.97 bits per heavy atom. The molecule has 1 amide bonds. The fourth-order valence-corrected chi connectivity index (χ4v) is 4.41. The van der Waals surface area contributed by atoms with E-state index in [4.69, 9.17) is 9.72 Å². The average molecular weight is 458 g/mol. The minimum absolute atomic E-state index is 0.0645. The van der Waals surface area contributed by atoms with E-state index in [1.807, 2.05) is 32.2 Å². The molecule has 0 aliphatic carbocycles. The number of nitrogens with one attached hydrogen (secondary N) is 1. The van der Waals surface area contributed by atoms with Crippen LogP contribution in [0.2, 0.25) is 0 Å².